The van der Waals surface area contributed by atoms with Crippen molar-refractivity contribution in [3.05, 3.63) is 99.4 Å². The van der Waals surface area contributed by atoms with E-state index in [1.54, 1.807) is 43.5 Å². The van der Waals surface area contributed by atoms with Gasteiger partial charge in [-0.05, 0) is 59.8 Å². The number of nitrogens with one attached hydrogen (secondary N) is 1. The molecule has 0 bridgehead atoms. The van der Waals surface area contributed by atoms with E-state index in [9.17, 15) is 9.59 Å². The minimum Gasteiger partial charge on any atom is -0.493 e. The number of halogens is 1. The molecule has 0 spiro atoms. The van der Waals surface area contributed by atoms with Crippen LogP contribution in [0.25, 0.3) is 6.08 Å². The molecule has 1 saturated heterocycles. The van der Waals surface area contributed by atoms with Crippen LogP contribution in [0.2, 0.25) is 5.02 Å². The van der Waals surface area contributed by atoms with Crippen LogP contribution in [0.4, 0.5) is 0 Å². The molecule has 6 nitrogen and oxygen atoms in total. The molecule has 0 radical (unpaired) electrons. The van der Waals surface area contributed by atoms with Crippen molar-refractivity contribution >= 4 is 57.8 Å². The Morgan fingerprint density at radius 3 is 2.63 bits per heavy atom. The number of thiocarbonyl (C=S) groups is 1. The van der Waals surface area contributed by atoms with Crippen LogP contribution in [0.5, 0.6) is 11.5 Å². The summed E-state index contributed by atoms with van der Waals surface area (Å²) in [5, 5.41) is 1.48. The third-order valence-electron chi connectivity index (χ3n) is 5.07. The summed E-state index contributed by atoms with van der Waals surface area (Å²) in [6, 6.07) is 21.9. The SMILES string of the molecule is COc1cc(/C=C2\SC(=S)N(NC(=O)c3cccc(Cl)c3)C2=O)ccc1OCCc1ccccc1. The van der Waals surface area contributed by atoms with Gasteiger partial charge in [0.1, 0.15) is 0 Å². The number of nitrogens with zero attached hydrogens (tertiary/aromatic N) is 1. The highest BCUT2D eigenvalue weighted by Gasteiger charge is 2.33. The zero-order chi connectivity index (χ0) is 24.8. The highest BCUT2D eigenvalue weighted by molar-refractivity contribution is 8.26. The fraction of sp³-hybridized carbons (Fsp3) is 0.115. The average Bonchev–Trinajstić information content (AvgIpc) is 3.12. The van der Waals surface area contributed by atoms with Crippen molar-refractivity contribution in [2.45, 2.75) is 6.42 Å². The molecule has 178 valence electrons. The highest BCUT2D eigenvalue weighted by Crippen LogP contribution is 2.34. The first-order valence-electron chi connectivity index (χ1n) is 10.6. The quantitative estimate of drug-likeness (QED) is 0.309. The van der Waals surface area contributed by atoms with Gasteiger partial charge >= 0.3 is 0 Å². The molecule has 2 amide bonds. The molecule has 0 aliphatic carbocycles. The van der Waals surface area contributed by atoms with Gasteiger partial charge in [0.2, 0.25) is 0 Å². The lowest BCUT2D eigenvalue weighted by molar-refractivity contribution is -0.123. The van der Waals surface area contributed by atoms with Crippen LogP contribution in [0.1, 0.15) is 21.5 Å². The summed E-state index contributed by atoms with van der Waals surface area (Å²) in [6.45, 7) is 0.505. The molecule has 0 unspecified atom stereocenters. The fourth-order valence-electron chi connectivity index (χ4n) is 3.33. The zero-order valence-corrected chi connectivity index (χ0v) is 21.1. The van der Waals surface area contributed by atoms with Crippen molar-refractivity contribution in [2.75, 3.05) is 13.7 Å². The van der Waals surface area contributed by atoms with Gasteiger partial charge in [-0.15, -0.1) is 0 Å². The first-order valence-corrected chi connectivity index (χ1v) is 12.2. The van der Waals surface area contributed by atoms with Crippen LogP contribution < -0.4 is 14.9 Å². The van der Waals surface area contributed by atoms with Crippen LogP contribution in [-0.4, -0.2) is 34.9 Å². The molecule has 0 aromatic heterocycles. The third kappa shape index (κ3) is 6.22. The smallest absolute Gasteiger partial charge is 0.285 e. The molecule has 1 N–H and O–H groups in total. The van der Waals surface area contributed by atoms with Gasteiger partial charge in [0.05, 0.1) is 18.6 Å². The number of hydrazine groups is 1. The van der Waals surface area contributed by atoms with Gasteiger partial charge < -0.3 is 9.47 Å². The molecule has 4 rings (SSSR count). The van der Waals surface area contributed by atoms with Gasteiger partial charge in [0, 0.05) is 17.0 Å². The van der Waals surface area contributed by atoms with E-state index >= 15 is 0 Å². The maximum Gasteiger partial charge on any atom is 0.285 e. The second-order valence-corrected chi connectivity index (χ2v) is 9.57. The molecule has 9 heteroatoms. The highest BCUT2D eigenvalue weighted by atomic mass is 35.5. The van der Waals surface area contributed by atoms with Gasteiger partial charge in [0.15, 0.2) is 15.8 Å². The summed E-state index contributed by atoms with van der Waals surface area (Å²) in [4.78, 5) is 25.8. The number of rotatable bonds is 8. The Balaban J connectivity index is 1.43. The lowest BCUT2D eigenvalue weighted by Gasteiger charge is -2.15. The molecule has 0 saturated carbocycles. The van der Waals surface area contributed by atoms with E-state index in [0.717, 1.165) is 28.8 Å². The Morgan fingerprint density at radius 1 is 1.09 bits per heavy atom. The number of methoxy groups -OCH3 is 1. The van der Waals surface area contributed by atoms with Crippen molar-refractivity contribution in [1.29, 1.82) is 0 Å². The van der Waals surface area contributed by atoms with E-state index in [1.165, 1.54) is 11.6 Å². The summed E-state index contributed by atoms with van der Waals surface area (Å²) in [5.41, 5.74) is 4.79. The normalized spacial score (nSPS) is 14.3. The maximum absolute atomic E-state index is 12.9. The molecule has 1 heterocycles. The van der Waals surface area contributed by atoms with E-state index < -0.39 is 11.8 Å². The summed E-state index contributed by atoms with van der Waals surface area (Å²) < 4.78 is 11.6. The minimum absolute atomic E-state index is 0.226. The number of carbonyl (C=O) groups excluding carboxylic acids is 2. The lowest BCUT2D eigenvalue weighted by atomic mass is 10.1. The third-order valence-corrected chi connectivity index (χ3v) is 6.61. The van der Waals surface area contributed by atoms with Gasteiger partial charge in [-0.25, -0.2) is 0 Å². The van der Waals surface area contributed by atoms with Crippen LogP contribution in [0, 0.1) is 0 Å². The van der Waals surface area contributed by atoms with Gasteiger partial charge in [-0.3, -0.25) is 15.0 Å². The predicted octanol–water partition coefficient (Wildman–Crippen LogP) is 5.52. The van der Waals surface area contributed by atoms with Crippen LogP contribution in [0.3, 0.4) is 0 Å². The van der Waals surface area contributed by atoms with Crippen molar-refractivity contribution < 1.29 is 19.1 Å². The number of hydrogen-bond donors (Lipinski definition) is 1. The number of hydrogen-bond acceptors (Lipinski definition) is 6. The predicted molar refractivity (Wildman–Crippen MR) is 143 cm³/mol. The lowest BCUT2D eigenvalue weighted by Crippen LogP contribution is -2.44. The fourth-order valence-corrected chi connectivity index (χ4v) is 4.70. The molecule has 0 atom stereocenters. The number of thioether (sulfide) groups is 1. The van der Waals surface area contributed by atoms with Crippen LogP contribution in [0.15, 0.2) is 77.7 Å². The largest absolute Gasteiger partial charge is 0.493 e. The summed E-state index contributed by atoms with van der Waals surface area (Å²) in [5.74, 6) is 0.264. The Kier molecular flexibility index (Phi) is 8.07. The Bertz CT molecular complexity index is 1300. The topological polar surface area (TPSA) is 67.9 Å². The van der Waals surface area contributed by atoms with Gasteiger partial charge in [-0.2, -0.15) is 5.01 Å². The first kappa shape index (κ1) is 24.8. The van der Waals surface area contributed by atoms with Crippen molar-refractivity contribution in [2.24, 2.45) is 0 Å². The molecule has 3 aromatic rings. The molecule has 3 aromatic carbocycles. The molecular weight excluding hydrogens is 504 g/mol. The minimum atomic E-state index is -0.483. The maximum atomic E-state index is 12.9. The average molecular weight is 525 g/mol. The van der Waals surface area contributed by atoms with E-state index in [0.29, 0.717) is 33.6 Å². The molecule has 35 heavy (non-hydrogen) atoms. The van der Waals surface area contributed by atoms with E-state index in [4.69, 9.17) is 33.3 Å². The Labute approximate surface area is 217 Å². The van der Waals surface area contributed by atoms with E-state index in [-0.39, 0.29) is 4.32 Å². The van der Waals surface area contributed by atoms with E-state index in [1.807, 2.05) is 24.3 Å². The zero-order valence-electron chi connectivity index (χ0n) is 18.7. The van der Waals surface area contributed by atoms with Crippen molar-refractivity contribution in [3.63, 3.8) is 0 Å². The Hall–Kier alpha value is -3.33. The Morgan fingerprint density at radius 2 is 1.89 bits per heavy atom. The van der Waals surface area contributed by atoms with Gasteiger partial charge in [-0.1, -0.05) is 65.8 Å². The summed E-state index contributed by atoms with van der Waals surface area (Å²) in [7, 11) is 1.56. The molecular formula is C26H21ClN2O4S2. The van der Waals surface area contributed by atoms with Crippen LogP contribution >= 0.6 is 35.6 Å². The molecule has 1 aliphatic heterocycles. The number of benzene rings is 3. The van der Waals surface area contributed by atoms with Crippen LogP contribution in [-0.2, 0) is 11.2 Å². The van der Waals surface area contributed by atoms with Gasteiger partial charge in [0.25, 0.3) is 11.8 Å². The van der Waals surface area contributed by atoms with Crippen molar-refractivity contribution in [3.8, 4) is 11.5 Å². The number of amides is 2. The first-order chi connectivity index (χ1) is 16.9. The second kappa shape index (κ2) is 11.4. The van der Waals surface area contributed by atoms with E-state index in [2.05, 4.69) is 17.6 Å². The molecule has 1 fully saturated rings. The summed E-state index contributed by atoms with van der Waals surface area (Å²) in [6.07, 6.45) is 2.47. The number of carbonyl (C=O) groups is 2. The monoisotopic (exact) mass is 524 g/mol. The standard InChI is InChI=1S/C26H21ClN2O4S2/c1-32-22-14-18(10-11-21(22)33-13-12-17-6-3-2-4-7-17)15-23-25(31)29(26(34)35-23)28-24(30)19-8-5-9-20(27)16-19/h2-11,14-16H,12-13H2,1H3,(H,28,30)/b23-15-. The molecule has 1 aliphatic rings. The van der Waals surface area contributed by atoms with Crippen molar-refractivity contribution in [1.82, 2.24) is 10.4 Å². The number of ether oxygens (including phenoxy) is 2. The second-order valence-electron chi connectivity index (χ2n) is 7.46. The summed E-state index contributed by atoms with van der Waals surface area (Å²) >= 11 is 12.4.